The van der Waals surface area contributed by atoms with Crippen LogP contribution in [0.25, 0.3) is 0 Å². The number of carbonyl (C=O) groups excluding carboxylic acids is 8. The number of nitrogens with zero attached hydrogens (tertiary/aromatic N) is 9. The fourth-order valence-electron chi connectivity index (χ4n) is 16.8. The highest BCUT2D eigenvalue weighted by atomic mass is 32.2. The van der Waals surface area contributed by atoms with Crippen LogP contribution in [0.3, 0.4) is 0 Å². The molecule has 0 aromatic heterocycles. The van der Waals surface area contributed by atoms with E-state index in [1.165, 1.54) is 31.5 Å². The average Bonchev–Trinajstić information content (AvgIpc) is 1.70. The standard InChI is InChI=1S/C14H30N4O.C14H26N2O2.C13H24N2OS.C13H26N2O.C11H20N2O3.2C11H22N2O2/c1-12-6-7-13(15-2)14(19)18(10-12)11-17(5)9-8-16(3)4;1-11-5-6-13(15-2)14(17)16(8-11)9-12-4-3-7-18-10-12;1-10-3-4-12(14-2)13(16)15(7-10)8-11-5-6-17-9-11;1-10-6-7-11(14-5)12(16)15(8-10)9-13(2,3)4;1-8-4-5-9(12-2)11(15)13(6-8)7-10(14)16-3;1-8-4-5-10(12-3)11(15)13(6-8)7-9(2)14;1-9-4-5-10(12-2)11(14)13(8-9)6-7-15-3/h12-13,15H,6-11H2,1-5H3;11-13,15H,3-10H2,1-2H3;10-12,14H,3-9H2,1-2H3;10-11,14H,6-9H2,1-5H3;8-9,12H,4-7H2,1-3H3;8-10,12,14H,4-7H2,1-3H3;9-10,12H,4-8H2,1-3H3. The molecular weight excluding hydrogens is 1490 g/mol. The lowest BCUT2D eigenvalue weighted by molar-refractivity contribution is -0.147. The number of likely N-dealkylation sites (N-methyl/N-ethyl adjacent to an activating group) is 9. The number of hydrogen-bond donors (Lipinski definition) is 8. The van der Waals surface area contributed by atoms with Crippen molar-refractivity contribution in [1.29, 1.82) is 0 Å². The van der Waals surface area contributed by atoms with E-state index in [4.69, 9.17) is 9.47 Å². The van der Waals surface area contributed by atoms with Crippen molar-refractivity contribution < 1.29 is 57.7 Å². The van der Waals surface area contributed by atoms with E-state index in [0.717, 1.165) is 194 Å². The first kappa shape index (κ1) is 106. The molecule has 0 bridgehead atoms. The summed E-state index contributed by atoms with van der Waals surface area (Å²) in [6.45, 7) is 38.6. The molecule has 0 spiro atoms. The minimum atomic E-state index is -0.447. The maximum Gasteiger partial charge on any atom is 0.325 e. The van der Waals surface area contributed by atoms with E-state index in [-0.39, 0.29) is 95.7 Å². The molecule has 8 N–H and O–H groups in total. The number of β-amino-alcohol motifs (C(OH)–C–C–N with tert-alkyl or cyclic N) is 1. The topological polar surface area (TPSA) is 298 Å². The maximum absolute atomic E-state index is 12.4. The Hall–Kier alpha value is -4.37. The van der Waals surface area contributed by atoms with Crippen LogP contribution in [0, 0.1) is 58.7 Å². The van der Waals surface area contributed by atoms with E-state index < -0.39 is 6.10 Å². The summed E-state index contributed by atoms with van der Waals surface area (Å²) >= 11 is 2.03. The first-order valence-corrected chi connectivity index (χ1v) is 45.6. The third-order valence-electron chi connectivity index (χ3n) is 23.9. The van der Waals surface area contributed by atoms with Gasteiger partial charge >= 0.3 is 5.97 Å². The predicted octanol–water partition coefficient (Wildman–Crippen LogP) is 5.71. The van der Waals surface area contributed by atoms with Crippen molar-refractivity contribution >= 4 is 59.1 Å². The van der Waals surface area contributed by atoms with Gasteiger partial charge in [-0.05, 0) is 257 Å². The molecule has 9 fully saturated rings. The number of ether oxygens (including phenoxy) is 3. The Labute approximate surface area is 707 Å². The average molecular weight is 1660 g/mol. The van der Waals surface area contributed by atoms with E-state index in [2.05, 4.69) is 152 Å². The number of esters is 1. The molecule has 28 nitrogen and oxygen atoms in total. The molecular formula is C87H170N16O12S. The summed E-state index contributed by atoms with van der Waals surface area (Å²) in [6.07, 6.45) is 17.4. The SMILES string of the molecule is CNC1CCC(C)CN(CC(=O)OC)C1=O.CNC1CCC(C)CN(CC(C)(C)C)C1=O.CNC1CCC(C)CN(CC(C)O)C1=O.CNC1CCC(C)CN(CC2CCCOC2)C1=O.CNC1CCC(C)CN(CC2CCSC2)C1=O.CNC1CCC(C)CN(CCOC)C1=O.CNC1CCC(C)CN(CN(C)CCN(C)C)C1=O. The molecule has 0 radical (unpaired) electrons. The zero-order chi connectivity index (χ0) is 86.8. The van der Waals surface area contributed by atoms with Crippen LogP contribution in [0.1, 0.15) is 185 Å². The molecule has 116 heavy (non-hydrogen) atoms. The van der Waals surface area contributed by atoms with Gasteiger partial charge in [-0.3, -0.25) is 43.3 Å². The second-order valence-corrected chi connectivity index (χ2v) is 38.1. The van der Waals surface area contributed by atoms with Gasteiger partial charge in [0, 0.05) is 105 Å². The largest absolute Gasteiger partial charge is 0.468 e. The van der Waals surface area contributed by atoms with Crippen LogP contribution in [-0.2, 0) is 52.6 Å². The Morgan fingerprint density at radius 2 is 0.819 bits per heavy atom. The Morgan fingerprint density at radius 3 is 1.17 bits per heavy atom. The number of aliphatic hydroxyl groups is 1. The van der Waals surface area contributed by atoms with Crippen LogP contribution >= 0.6 is 11.8 Å². The predicted molar refractivity (Wildman–Crippen MR) is 470 cm³/mol. The number of nitrogens with one attached hydrogen (secondary N) is 7. The second kappa shape index (κ2) is 57.1. The molecule has 0 aromatic carbocycles. The van der Waals surface area contributed by atoms with Crippen LogP contribution in [0.4, 0.5) is 0 Å². The number of likely N-dealkylation sites (tertiary alicyclic amines) is 7. The molecule has 9 rings (SSSR count). The quantitative estimate of drug-likeness (QED) is 0.0537. The Balaban J connectivity index is 0.000000351. The second-order valence-electron chi connectivity index (χ2n) is 37.0. The fourth-order valence-corrected chi connectivity index (χ4v) is 18.1. The molecule has 29 heteroatoms. The Bertz CT molecular complexity index is 2790. The third-order valence-corrected chi connectivity index (χ3v) is 25.1. The highest BCUT2D eigenvalue weighted by Crippen LogP contribution is 2.29. The van der Waals surface area contributed by atoms with Gasteiger partial charge in [-0.25, -0.2) is 0 Å². The number of amides is 7. The summed E-state index contributed by atoms with van der Waals surface area (Å²) < 4.78 is 15.1. The van der Waals surface area contributed by atoms with Gasteiger partial charge in [0.15, 0.2) is 0 Å². The molecule has 0 aromatic rings. The van der Waals surface area contributed by atoms with E-state index in [1.807, 2.05) is 68.7 Å². The highest BCUT2D eigenvalue weighted by Gasteiger charge is 2.37. The lowest BCUT2D eigenvalue weighted by atomic mass is 9.95. The molecule has 0 saturated carbocycles. The summed E-state index contributed by atoms with van der Waals surface area (Å²) in [5, 5.41) is 31.1. The lowest BCUT2D eigenvalue weighted by Crippen LogP contribution is -2.48. The molecule has 9 aliphatic rings. The van der Waals surface area contributed by atoms with E-state index >= 15 is 0 Å². The number of aliphatic hydroxyl groups excluding tert-OH is 1. The summed E-state index contributed by atoms with van der Waals surface area (Å²) in [6, 6.07) is -0.178. The van der Waals surface area contributed by atoms with Gasteiger partial charge in [0.1, 0.15) is 6.54 Å². The van der Waals surface area contributed by atoms with Crippen molar-refractivity contribution in [2.45, 2.75) is 234 Å². The Kier molecular flexibility index (Phi) is 52.1. The van der Waals surface area contributed by atoms with Crippen LogP contribution < -0.4 is 37.2 Å². The van der Waals surface area contributed by atoms with Gasteiger partial charge in [-0.2, -0.15) is 11.8 Å². The minimum absolute atomic E-state index is 0.00255. The molecule has 7 amide bonds. The summed E-state index contributed by atoms with van der Waals surface area (Å²) in [5.74, 6) is 8.89. The number of thioether (sulfide) groups is 1. The summed E-state index contributed by atoms with van der Waals surface area (Å²) in [5.41, 5.74) is 0.179. The van der Waals surface area contributed by atoms with Gasteiger partial charge in [0.25, 0.3) is 0 Å². The fraction of sp³-hybridized carbons (Fsp3) is 0.908. The molecule has 676 valence electrons. The van der Waals surface area contributed by atoms with Crippen LogP contribution in [0.5, 0.6) is 0 Å². The first-order valence-electron chi connectivity index (χ1n) is 44.4. The van der Waals surface area contributed by atoms with Gasteiger partial charge in [0.2, 0.25) is 41.4 Å². The van der Waals surface area contributed by atoms with Crippen molar-refractivity contribution in [3.05, 3.63) is 0 Å². The maximum atomic E-state index is 12.4. The monoisotopic (exact) mass is 1660 g/mol. The first-order chi connectivity index (χ1) is 55.0. The zero-order valence-electron chi connectivity index (χ0n) is 77.1. The minimum Gasteiger partial charge on any atom is -0.468 e. The van der Waals surface area contributed by atoms with Crippen molar-refractivity contribution in [2.24, 2.45) is 58.7 Å². The lowest BCUT2D eigenvalue weighted by Gasteiger charge is -2.31. The van der Waals surface area contributed by atoms with Crippen LogP contribution in [-0.4, -0.2) is 366 Å². The van der Waals surface area contributed by atoms with Crippen molar-refractivity contribution in [3.8, 4) is 0 Å². The Morgan fingerprint density at radius 1 is 0.474 bits per heavy atom. The highest BCUT2D eigenvalue weighted by molar-refractivity contribution is 7.99. The number of carbonyl (C=O) groups is 8. The number of methoxy groups -OCH3 is 2. The normalized spacial score (nSPS) is 29.6. The third kappa shape index (κ3) is 40.1. The smallest absolute Gasteiger partial charge is 0.325 e. The summed E-state index contributed by atoms with van der Waals surface area (Å²) in [7, 11) is 22.2. The van der Waals surface area contributed by atoms with Gasteiger partial charge in [-0.15, -0.1) is 0 Å². The van der Waals surface area contributed by atoms with E-state index in [0.29, 0.717) is 79.5 Å². The molecule has 17 unspecified atom stereocenters. The molecule has 17 atom stereocenters. The van der Waals surface area contributed by atoms with Crippen LogP contribution in [0.15, 0.2) is 0 Å². The van der Waals surface area contributed by atoms with Crippen LogP contribution in [0.2, 0.25) is 0 Å². The zero-order valence-corrected chi connectivity index (χ0v) is 77.9. The van der Waals surface area contributed by atoms with Gasteiger partial charge in [0.05, 0.1) is 75.4 Å². The van der Waals surface area contributed by atoms with Gasteiger partial charge < -0.3 is 95.7 Å². The van der Waals surface area contributed by atoms with E-state index in [9.17, 15) is 43.5 Å². The van der Waals surface area contributed by atoms with Gasteiger partial charge in [-0.1, -0.05) is 69.2 Å². The molecule has 9 heterocycles. The van der Waals surface area contributed by atoms with Crippen molar-refractivity contribution in [2.75, 3.05) is 221 Å². The molecule has 0 aliphatic carbocycles. The van der Waals surface area contributed by atoms with Crippen molar-refractivity contribution in [3.63, 3.8) is 0 Å². The van der Waals surface area contributed by atoms with Crippen molar-refractivity contribution in [1.82, 2.24) is 81.3 Å². The summed E-state index contributed by atoms with van der Waals surface area (Å²) in [4.78, 5) is 115. The van der Waals surface area contributed by atoms with E-state index in [1.54, 1.807) is 30.9 Å². The molecule has 9 aliphatic heterocycles. The molecule has 9 saturated heterocycles. The number of rotatable bonds is 24. The number of hydrogen-bond acceptors (Lipinski definition) is 22.